The minimum Gasteiger partial charge on any atom is -0.373 e. The van der Waals surface area contributed by atoms with Crippen molar-refractivity contribution < 1.29 is 4.79 Å². The number of amides is 1. The Morgan fingerprint density at radius 2 is 1.71 bits per heavy atom. The average Bonchev–Trinajstić information content (AvgIpc) is 2.49. The average molecular weight is 286 g/mol. The molecule has 2 aliphatic rings. The van der Waals surface area contributed by atoms with Crippen LogP contribution in [0.1, 0.15) is 56.9 Å². The molecule has 3 heteroatoms. The Kier molecular flexibility index (Phi) is 4.79. The number of benzene rings is 1. The highest BCUT2D eigenvalue weighted by Gasteiger charge is 2.25. The van der Waals surface area contributed by atoms with Gasteiger partial charge >= 0.3 is 0 Å². The van der Waals surface area contributed by atoms with Gasteiger partial charge < -0.3 is 10.6 Å². The molecule has 3 rings (SSSR count). The van der Waals surface area contributed by atoms with Crippen LogP contribution in [0.15, 0.2) is 24.3 Å². The third-order valence-electron chi connectivity index (χ3n) is 4.82. The van der Waals surface area contributed by atoms with Crippen LogP contribution in [0.25, 0.3) is 0 Å². The molecule has 1 aliphatic heterocycles. The smallest absolute Gasteiger partial charge is 0.242 e. The molecule has 1 amide bonds. The van der Waals surface area contributed by atoms with Crippen molar-refractivity contribution >= 4 is 11.6 Å². The predicted octanol–water partition coefficient (Wildman–Crippen LogP) is 3.64. The molecule has 1 aromatic carbocycles. The maximum Gasteiger partial charge on any atom is 0.242 e. The van der Waals surface area contributed by atoms with Gasteiger partial charge in [-0.15, -0.1) is 0 Å². The highest BCUT2D eigenvalue weighted by molar-refractivity contribution is 5.85. The molecule has 3 nitrogen and oxygen atoms in total. The Bertz CT molecular complexity index is 478. The predicted molar refractivity (Wildman–Crippen MR) is 86.4 cm³/mol. The zero-order valence-corrected chi connectivity index (χ0v) is 12.7. The summed E-state index contributed by atoms with van der Waals surface area (Å²) in [5.74, 6) is 0.190. The second kappa shape index (κ2) is 6.97. The van der Waals surface area contributed by atoms with Crippen LogP contribution in [0.4, 0.5) is 5.69 Å². The third kappa shape index (κ3) is 3.78. The van der Waals surface area contributed by atoms with Crippen LogP contribution in [0, 0.1) is 0 Å². The molecule has 1 aliphatic carbocycles. The van der Waals surface area contributed by atoms with Crippen molar-refractivity contribution in [2.24, 2.45) is 0 Å². The number of rotatable bonds is 2. The van der Waals surface area contributed by atoms with Crippen LogP contribution < -0.4 is 10.6 Å². The normalized spacial score (nSPS) is 23.3. The first-order valence-electron chi connectivity index (χ1n) is 8.48. The third-order valence-corrected chi connectivity index (χ3v) is 4.82. The van der Waals surface area contributed by atoms with Crippen LogP contribution in [0.2, 0.25) is 0 Å². The van der Waals surface area contributed by atoms with Gasteiger partial charge in [-0.2, -0.15) is 0 Å². The van der Waals surface area contributed by atoms with E-state index < -0.39 is 0 Å². The number of anilines is 1. The molecule has 1 fully saturated rings. The van der Waals surface area contributed by atoms with Crippen molar-refractivity contribution in [2.45, 2.75) is 69.9 Å². The van der Waals surface area contributed by atoms with Crippen molar-refractivity contribution in [1.29, 1.82) is 0 Å². The SMILES string of the molecule is O=C(NC1CCCCCCC1)C1CCc2ccccc2N1. The number of carbonyl (C=O) groups excluding carboxylic acids is 1. The van der Waals surface area contributed by atoms with Gasteiger partial charge in [-0.1, -0.05) is 50.3 Å². The molecule has 0 bridgehead atoms. The topological polar surface area (TPSA) is 41.1 Å². The van der Waals surface area contributed by atoms with E-state index in [9.17, 15) is 4.79 Å². The van der Waals surface area contributed by atoms with Crippen LogP contribution in [-0.4, -0.2) is 18.0 Å². The summed E-state index contributed by atoms with van der Waals surface area (Å²) in [7, 11) is 0. The first-order chi connectivity index (χ1) is 10.3. The van der Waals surface area contributed by atoms with Crippen molar-refractivity contribution in [2.75, 3.05) is 5.32 Å². The number of nitrogens with one attached hydrogen (secondary N) is 2. The molecule has 1 unspecified atom stereocenters. The quantitative estimate of drug-likeness (QED) is 0.871. The lowest BCUT2D eigenvalue weighted by molar-refractivity contribution is -0.122. The van der Waals surface area contributed by atoms with E-state index in [0.717, 1.165) is 31.4 Å². The molecule has 0 radical (unpaired) electrons. The summed E-state index contributed by atoms with van der Waals surface area (Å²) in [4.78, 5) is 12.5. The molecular formula is C18H26N2O. The van der Waals surface area contributed by atoms with E-state index in [1.165, 1.54) is 37.7 Å². The van der Waals surface area contributed by atoms with E-state index in [0.29, 0.717) is 6.04 Å². The molecule has 1 aromatic rings. The summed E-state index contributed by atoms with van der Waals surface area (Å²) in [6.45, 7) is 0. The number of para-hydroxylation sites is 1. The minimum atomic E-state index is -0.0645. The molecule has 0 saturated heterocycles. The lowest BCUT2D eigenvalue weighted by Gasteiger charge is -2.29. The minimum absolute atomic E-state index is 0.0645. The molecule has 1 atom stereocenters. The van der Waals surface area contributed by atoms with E-state index in [-0.39, 0.29) is 11.9 Å². The van der Waals surface area contributed by atoms with E-state index in [2.05, 4.69) is 28.8 Å². The summed E-state index contributed by atoms with van der Waals surface area (Å²) in [6.07, 6.45) is 10.7. The summed E-state index contributed by atoms with van der Waals surface area (Å²) >= 11 is 0. The van der Waals surface area contributed by atoms with Crippen molar-refractivity contribution in [3.8, 4) is 0 Å². The Balaban J connectivity index is 1.56. The Hall–Kier alpha value is -1.51. The maximum atomic E-state index is 12.5. The molecule has 0 spiro atoms. The van der Waals surface area contributed by atoms with Gasteiger partial charge in [-0.3, -0.25) is 4.79 Å². The second-order valence-electron chi connectivity index (χ2n) is 6.44. The van der Waals surface area contributed by atoms with Crippen molar-refractivity contribution in [1.82, 2.24) is 5.32 Å². The largest absolute Gasteiger partial charge is 0.373 e. The summed E-state index contributed by atoms with van der Waals surface area (Å²) in [5, 5.41) is 6.69. The van der Waals surface area contributed by atoms with E-state index >= 15 is 0 Å². The number of fused-ring (bicyclic) bond motifs is 1. The van der Waals surface area contributed by atoms with E-state index in [1.54, 1.807) is 0 Å². The Morgan fingerprint density at radius 3 is 2.52 bits per heavy atom. The number of aryl methyl sites for hydroxylation is 1. The van der Waals surface area contributed by atoms with Gasteiger partial charge in [0.15, 0.2) is 0 Å². The van der Waals surface area contributed by atoms with Gasteiger partial charge in [0, 0.05) is 11.7 Å². The number of hydrogen-bond donors (Lipinski definition) is 2. The molecular weight excluding hydrogens is 260 g/mol. The molecule has 21 heavy (non-hydrogen) atoms. The number of carbonyl (C=O) groups is 1. The fraction of sp³-hybridized carbons (Fsp3) is 0.611. The van der Waals surface area contributed by atoms with E-state index in [4.69, 9.17) is 0 Å². The molecule has 1 heterocycles. The first kappa shape index (κ1) is 14.4. The van der Waals surface area contributed by atoms with E-state index in [1.807, 2.05) is 6.07 Å². The van der Waals surface area contributed by atoms with Crippen LogP contribution in [0.3, 0.4) is 0 Å². The van der Waals surface area contributed by atoms with Crippen molar-refractivity contribution in [3.05, 3.63) is 29.8 Å². The fourth-order valence-electron chi connectivity index (χ4n) is 3.54. The van der Waals surface area contributed by atoms with Gasteiger partial charge in [0.1, 0.15) is 6.04 Å². The summed E-state index contributed by atoms with van der Waals surface area (Å²) in [6, 6.07) is 8.63. The fourth-order valence-corrected chi connectivity index (χ4v) is 3.54. The van der Waals surface area contributed by atoms with Crippen LogP contribution >= 0.6 is 0 Å². The number of hydrogen-bond acceptors (Lipinski definition) is 2. The second-order valence-corrected chi connectivity index (χ2v) is 6.44. The lowest BCUT2D eigenvalue weighted by Crippen LogP contribution is -2.46. The Morgan fingerprint density at radius 1 is 1.00 bits per heavy atom. The maximum absolute atomic E-state index is 12.5. The zero-order chi connectivity index (χ0) is 14.5. The summed E-state index contributed by atoms with van der Waals surface area (Å²) in [5.41, 5.74) is 2.45. The van der Waals surface area contributed by atoms with Gasteiger partial charge in [0.05, 0.1) is 0 Å². The van der Waals surface area contributed by atoms with Gasteiger partial charge in [-0.05, 0) is 37.3 Å². The molecule has 0 aromatic heterocycles. The summed E-state index contributed by atoms with van der Waals surface area (Å²) < 4.78 is 0. The lowest BCUT2D eigenvalue weighted by atomic mass is 9.95. The van der Waals surface area contributed by atoms with Crippen LogP contribution in [0.5, 0.6) is 0 Å². The standard InChI is InChI=1S/C18H26N2O/c21-18(19-15-9-4-2-1-3-5-10-15)17-13-12-14-8-6-7-11-16(14)20-17/h6-8,11,15,17,20H,1-5,9-10,12-13H2,(H,19,21). The molecule has 1 saturated carbocycles. The molecule has 2 N–H and O–H groups in total. The highest BCUT2D eigenvalue weighted by Crippen LogP contribution is 2.24. The van der Waals surface area contributed by atoms with Gasteiger partial charge in [0.2, 0.25) is 5.91 Å². The zero-order valence-electron chi connectivity index (χ0n) is 12.7. The van der Waals surface area contributed by atoms with Gasteiger partial charge in [-0.25, -0.2) is 0 Å². The van der Waals surface area contributed by atoms with Gasteiger partial charge in [0.25, 0.3) is 0 Å². The highest BCUT2D eigenvalue weighted by atomic mass is 16.2. The monoisotopic (exact) mass is 286 g/mol. The van der Waals surface area contributed by atoms with Crippen molar-refractivity contribution in [3.63, 3.8) is 0 Å². The first-order valence-corrected chi connectivity index (χ1v) is 8.48. The molecule has 114 valence electrons. The Labute approximate surface area is 127 Å². The van der Waals surface area contributed by atoms with Crippen LogP contribution in [-0.2, 0) is 11.2 Å².